The van der Waals surface area contributed by atoms with Crippen molar-refractivity contribution in [1.29, 1.82) is 0 Å². The zero-order valence-corrected chi connectivity index (χ0v) is 17.7. The van der Waals surface area contributed by atoms with Crippen molar-refractivity contribution in [2.75, 3.05) is 32.1 Å². The summed E-state index contributed by atoms with van der Waals surface area (Å²) < 4.78 is 5.34. The van der Waals surface area contributed by atoms with E-state index in [1.807, 2.05) is 0 Å². The smallest absolute Gasteiger partial charge is 0.371 e. The van der Waals surface area contributed by atoms with Crippen molar-refractivity contribution in [1.82, 2.24) is 14.9 Å². The van der Waals surface area contributed by atoms with E-state index in [1.165, 1.54) is 17.8 Å². The van der Waals surface area contributed by atoms with Crippen LogP contribution in [0, 0.1) is 0 Å². The molecule has 2 aromatic heterocycles. The molecule has 2 aromatic rings. The van der Waals surface area contributed by atoms with Crippen LogP contribution in [0.15, 0.2) is 27.8 Å². The predicted molar refractivity (Wildman–Crippen MR) is 110 cm³/mol. The van der Waals surface area contributed by atoms with E-state index in [1.54, 1.807) is 6.07 Å². The summed E-state index contributed by atoms with van der Waals surface area (Å²) in [6.07, 6.45) is 2.25. The fraction of sp³-hybridized carbons (Fsp3) is 0.550. The maximum Gasteiger partial charge on any atom is 0.371 e. The summed E-state index contributed by atoms with van der Waals surface area (Å²) in [6.45, 7) is 6.45. The molecule has 0 atom stereocenters. The van der Waals surface area contributed by atoms with Gasteiger partial charge in [0.15, 0.2) is 5.16 Å². The lowest BCUT2D eigenvalue weighted by atomic mass is 10.0. The monoisotopic (exact) mass is 404 g/mol. The average Bonchev–Trinajstić information content (AvgIpc) is 3.15. The van der Waals surface area contributed by atoms with Crippen LogP contribution in [0.25, 0.3) is 0 Å². The molecule has 0 aliphatic carbocycles. The summed E-state index contributed by atoms with van der Waals surface area (Å²) in [5, 5.41) is 9.67. The second-order valence-corrected chi connectivity index (χ2v) is 8.54. The van der Waals surface area contributed by atoms with Gasteiger partial charge in [-0.3, -0.25) is 0 Å². The highest BCUT2D eigenvalue weighted by atomic mass is 32.2. The van der Waals surface area contributed by atoms with E-state index in [2.05, 4.69) is 48.8 Å². The fourth-order valence-corrected chi connectivity index (χ4v) is 4.00. The Labute approximate surface area is 170 Å². The molecule has 0 spiro atoms. The maximum absolute atomic E-state index is 11.0. The van der Waals surface area contributed by atoms with Gasteiger partial charge in [0.1, 0.15) is 11.6 Å². The van der Waals surface area contributed by atoms with E-state index < -0.39 is 5.97 Å². The zero-order valence-electron chi connectivity index (χ0n) is 16.9. The van der Waals surface area contributed by atoms with Gasteiger partial charge in [0.05, 0.1) is 5.75 Å². The highest BCUT2D eigenvalue weighted by Crippen LogP contribution is 2.28. The van der Waals surface area contributed by atoms with Crippen LogP contribution in [0.3, 0.4) is 0 Å². The van der Waals surface area contributed by atoms with Crippen molar-refractivity contribution in [2.45, 2.75) is 49.6 Å². The number of nitrogens with zero attached hydrogens (tertiary/aromatic N) is 4. The standard InChI is InChI=1S/C20H28N4O3S/c1-13(2)16-11-18(24(4)14-7-9-23(3)10-8-14)22-20(21-16)28-12-15-5-6-17(27-15)19(25)26/h5-6,11,13-14H,7-10,12H2,1-4H3,(H,25,26). The third-order valence-electron chi connectivity index (χ3n) is 5.12. The number of anilines is 1. The summed E-state index contributed by atoms with van der Waals surface area (Å²) in [7, 11) is 4.28. The van der Waals surface area contributed by atoms with Gasteiger partial charge in [0, 0.05) is 24.8 Å². The van der Waals surface area contributed by atoms with Gasteiger partial charge in [0.25, 0.3) is 0 Å². The van der Waals surface area contributed by atoms with Crippen LogP contribution in [0.2, 0.25) is 0 Å². The van der Waals surface area contributed by atoms with Gasteiger partial charge < -0.3 is 19.3 Å². The fourth-order valence-electron chi connectivity index (χ4n) is 3.25. The number of hydrogen-bond acceptors (Lipinski definition) is 7. The van der Waals surface area contributed by atoms with Crippen LogP contribution in [0.5, 0.6) is 0 Å². The van der Waals surface area contributed by atoms with Crippen molar-refractivity contribution in [2.24, 2.45) is 0 Å². The SMILES string of the molecule is CC(C)c1cc(N(C)C2CCN(C)CC2)nc(SCc2ccc(C(=O)O)o2)n1. The third kappa shape index (κ3) is 5.05. The minimum absolute atomic E-state index is 0.0462. The Morgan fingerprint density at radius 1 is 1.36 bits per heavy atom. The normalized spacial score (nSPS) is 15.9. The number of aromatic carboxylic acids is 1. The van der Waals surface area contributed by atoms with Crippen molar-refractivity contribution in [3.05, 3.63) is 35.4 Å². The van der Waals surface area contributed by atoms with Crippen LogP contribution in [-0.2, 0) is 5.75 Å². The van der Waals surface area contributed by atoms with Crippen LogP contribution in [0.1, 0.15) is 54.6 Å². The Morgan fingerprint density at radius 2 is 2.07 bits per heavy atom. The molecule has 0 saturated carbocycles. The van der Waals surface area contributed by atoms with Gasteiger partial charge in [-0.05, 0) is 51.0 Å². The third-order valence-corrected chi connectivity index (χ3v) is 5.99. The van der Waals surface area contributed by atoms with Crippen LogP contribution in [0.4, 0.5) is 5.82 Å². The number of furan rings is 1. The van der Waals surface area contributed by atoms with E-state index in [0.717, 1.165) is 37.4 Å². The van der Waals surface area contributed by atoms with Crippen molar-refractivity contribution < 1.29 is 14.3 Å². The molecule has 0 aromatic carbocycles. The number of piperidine rings is 1. The minimum atomic E-state index is -1.06. The van der Waals surface area contributed by atoms with Crippen molar-refractivity contribution >= 4 is 23.5 Å². The highest BCUT2D eigenvalue weighted by molar-refractivity contribution is 7.98. The topological polar surface area (TPSA) is 82.7 Å². The number of hydrogen-bond donors (Lipinski definition) is 1. The Morgan fingerprint density at radius 3 is 2.68 bits per heavy atom. The number of carbonyl (C=O) groups is 1. The number of carboxylic acids is 1. The molecular formula is C20H28N4O3S. The lowest BCUT2D eigenvalue weighted by Gasteiger charge is -2.36. The van der Waals surface area contributed by atoms with Gasteiger partial charge in [0.2, 0.25) is 5.76 Å². The van der Waals surface area contributed by atoms with E-state index in [-0.39, 0.29) is 5.76 Å². The number of thioether (sulfide) groups is 1. The zero-order chi connectivity index (χ0) is 20.3. The molecule has 7 nitrogen and oxygen atoms in total. The molecule has 3 rings (SSSR count). The molecule has 8 heteroatoms. The van der Waals surface area contributed by atoms with Gasteiger partial charge in [-0.15, -0.1) is 0 Å². The Kier molecular flexibility index (Phi) is 6.61. The second kappa shape index (κ2) is 8.96. The molecule has 0 bridgehead atoms. The highest BCUT2D eigenvalue weighted by Gasteiger charge is 2.23. The molecule has 1 N–H and O–H groups in total. The van der Waals surface area contributed by atoms with E-state index >= 15 is 0 Å². The first-order valence-electron chi connectivity index (χ1n) is 9.58. The maximum atomic E-state index is 11.0. The average molecular weight is 405 g/mol. The number of aromatic nitrogens is 2. The molecule has 0 unspecified atom stereocenters. The summed E-state index contributed by atoms with van der Waals surface area (Å²) in [6, 6.07) is 5.73. The molecule has 0 radical (unpaired) electrons. The minimum Gasteiger partial charge on any atom is -0.475 e. The first-order chi connectivity index (χ1) is 13.3. The number of carboxylic acid groups (broad SMARTS) is 1. The molecule has 152 valence electrons. The number of likely N-dealkylation sites (tertiary alicyclic amines) is 1. The molecule has 3 heterocycles. The van der Waals surface area contributed by atoms with E-state index in [0.29, 0.717) is 28.6 Å². The van der Waals surface area contributed by atoms with Gasteiger partial charge >= 0.3 is 5.97 Å². The molecule has 1 fully saturated rings. The summed E-state index contributed by atoms with van der Waals surface area (Å²) in [4.78, 5) is 25.1. The molecule has 1 aliphatic heterocycles. The largest absolute Gasteiger partial charge is 0.475 e. The summed E-state index contributed by atoms with van der Waals surface area (Å²) >= 11 is 1.46. The first kappa shape index (κ1) is 20.7. The summed E-state index contributed by atoms with van der Waals surface area (Å²) in [5.74, 6) is 1.24. The predicted octanol–water partition coefficient (Wildman–Crippen LogP) is 3.71. The van der Waals surface area contributed by atoms with Gasteiger partial charge in [-0.1, -0.05) is 25.6 Å². The molecule has 1 saturated heterocycles. The molecule has 28 heavy (non-hydrogen) atoms. The van der Waals surface area contributed by atoms with E-state index in [4.69, 9.17) is 14.5 Å². The van der Waals surface area contributed by atoms with Gasteiger partial charge in [-0.25, -0.2) is 14.8 Å². The van der Waals surface area contributed by atoms with Crippen molar-refractivity contribution in [3.8, 4) is 0 Å². The lowest BCUT2D eigenvalue weighted by Crippen LogP contribution is -2.42. The van der Waals surface area contributed by atoms with Crippen LogP contribution >= 0.6 is 11.8 Å². The van der Waals surface area contributed by atoms with Crippen molar-refractivity contribution in [3.63, 3.8) is 0 Å². The van der Waals surface area contributed by atoms with Gasteiger partial charge in [-0.2, -0.15) is 0 Å². The lowest BCUT2D eigenvalue weighted by molar-refractivity contribution is 0.0661. The van der Waals surface area contributed by atoms with Crippen LogP contribution < -0.4 is 4.90 Å². The quantitative estimate of drug-likeness (QED) is 0.552. The van der Waals surface area contributed by atoms with E-state index in [9.17, 15) is 4.79 Å². The molecular weight excluding hydrogens is 376 g/mol. The first-order valence-corrected chi connectivity index (χ1v) is 10.6. The number of rotatable bonds is 7. The molecule has 1 aliphatic rings. The summed E-state index contributed by atoms with van der Waals surface area (Å²) in [5.41, 5.74) is 1.01. The Bertz CT molecular complexity index is 816. The van der Waals surface area contributed by atoms with Crippen LogP contribution in [-0.4, -0.2) is 59.2 Å². The second-order valence-electron chi connectivity index (χ2n) is 7.59. The molecule has 0 amide bonds. The Balaban J connectivity index is 1.75. The Hall–Kier alpha value is -2.06.